The second-order valence-corrected chi connectivity index (χ2v) is 6.45. The third kappa shape index (κ3) is 2.04. The van der Waals surface area contributed by atoms with Gasteiger partial charge in [-0.1, -0.05) is 48.0 Å². The molecule has 1 N–H and O–H groups in total. The summed E-state index contributed by atoms with van der Waals surface area (Å²) in [6, 6.07) is 18.1. The Kier molecular flexibility index (Phi) is 3.08. The number of nitrogens with zero attached hydrogens (tertiary/aromatic N) is 1. The van der Waals surface area contributed by atoms with Crippen molar-refractivity contribution in [3.05, 3.63) is 97.2 Å². The molecule has 5 rings (SSSR count). The van der Waals surface area contributed by atoms with Gasteiger partial charge in [-0.05, 0) is 29.7 Å². The van der Waals surface area contributed by atoms with Gasteiger partial charge in [0.1, 0.15) is 0 Å². The van der Waals surface area contributed by atoms with Gasteiger partial charge in [0.15, 0.2) is 10.9 Å². The maximum absolute atomic E-state index is 13.0. The molecule has 26 heavy (non-hydrogen) atoms. The van der Waals surface area contributed by atoms with Crippen LogP contribution in [0.25, 0.3) is 27.6 Å². The largest absolute Gasteiger partial charge is 0.447 e. The predicted octanol–water partition coefficient (Wildman–Crippen LogP) is 3.80. The van der Waals surface area contributed by atoms with Crippen molar-refractivity contribution in [2.24, 2.45) is 0 Å². The van der Waals surface area contributed by atoms with E-state index in [9.17, 15) is 9.59 Å². The number of aromatic nitrogens is 2. The molecule has 0 aromatic heterocycles. The molecule has 2 heterocycles. The van der Waals surface area contributed by atoms with Crippen LogP contribution in [0.5, 0.6) is 0 Å². The highest BCUT2D eigenvalue weighted by Gasteiger charge is 2.16. The molecule has 0 unspecified atom stereocenters. The van der Waals surface area contributed by atoms with Crippen LogP contribution in [0, 0.1) is 10.8 Å². The van der Waals surface area contributed by atoms with Crippen molar-refractivity contribution in [3.8, 4) is 5.69 Å². The molecule has 0 amide bonds. The van der Waals surface area contributed by atoms with E-state index < -0.39 is 11.1 Å². The summed E-state index contributed by atoms with van der Waals surface area (Å²) < 4.78 is 6.85. The molecule has 6 heteroatoms. The summed E-state index contributed by atoms with van der Waals surface area (Å²) in [5, 5.41) is 2.39. The summed E-state index contributed by atoms with van der Waals surface area (Å²) in [5.74, 6) is 0. The van der Waals surface area contributed by atoms with Crippen LogP contribution >= 0.6 is 11.6 Å². The Balaban J connectivity index is 1.94. The smallest absolute Gasteiger partial charge is 0.303 e. The molecule has 0 bridgehead atoms. The van der Waals surface area contributed by atoms with Gasteiger partial charge in [-0.15, -0.1) is 0 Å². The first-order valence-corrected chi connectivity index (χ1v) is 8.36. The molecule has 2 aliphatic rings. The van der Waals surface area contributed by atoms with E-state index in [1.807, 2.05) is 36.4 Å². The fraction of sp³-hybridized carbons (Fsp3) is 0. The van der Waals surface area contributed by atoms with Gasteiger partial charge < -0.3 is 9.40 Å². The minimum Gasteiger partial charge on any atom is -0.447 e. The van der Waals surface area contributed by atoms with Crippen molar-refractivity contribution in [2.45, 2.75) is 0 Å². The molecule has 0 saturated heterocycles. The van der Waals surface area contributed by atoms with Crippen LogP contribution in [0.2, 0.25) is 5.02 Å². The topological polar surface area (TPSA) is 68.0 Å². The molecule has 0 saturated carbocycles. The Morgan fingerprint density at radius 1 is 0.923 bits per heavy atom. The van der Waals surface area contributed by atoms with Crippen molar-refractivity contribution >= 4 is 33.5 Å². The van der Waals surface area contributed by atoms with Gasteiger partial charge in [-0.2, -0.15) is 0 Å². The molecule has 0 fully saturated rings. The van der Waals surface area contributed by atoms with E-state index in [1.165, 1.54) is 0 Å². The summed E-state index contributed by atoms with van der Waals surface area (Å²) in [6.07, 6.45) is 0. The highest BCUT2D eigenvalue weighted by molar-refractivity contribution is 6.31. The zero-order valence-corrected chi connectivity index (χ0v) is 14.1. The quantitative estimate of drug-likeness (QED) is 0.493. The van der Waals surface area contributed by atoms with Gasteiger partial charge in [0, 0.05) is 10.4 Å². The average Bonchev–Trinajstić information content (AvgIpc) is 2.90. The molecular formula is C20H11ClN2O3. The fourth-order valence-electron chi connectivity index (χ4n) is 3.27. The minimum absolute atomic E-state index is 0.00208. The van der Waals surface area contributed by atoms with Crippen LogP contribution in [0.15, 0.2) is 74.7 Å². The van der Waals surface area contributed by atoms with Gasteiger partial charge in [0.25, 0.3) is 5.56 Å². The molecule has 0 spiro atoms. The number of nitrogens with one attached hydrogen (secondary N) is 1. The maximum atomic E-state index is 13.0. The average molecular weight is 363 g/mol. The van der Waals surface area contributed by atoms with E-state index in [2.05, 4.69) is 4.98 Å². The summed E-state index contributed by atoms with van der Waals surface area (Å²) in [4.78, 5) is 28.9. The van der Waals surface area contributed by atoms with E-state index >= 15 is 0 Å². The summed E-state index contributed by atoms with van der Waals surface area (Å²) in [6.45, 7) is 0. The molecule has 3 aromatic rings. The van der Waals surface area contributed by atoms with Crippen molar-refractivity contribution in [1.29, 1.82) is 0 Å². The first-order valence-electron chi connectivity index (χ1n) is 7.99. The lowest BCUT2D eigenvalue weighted by molar-refractivity contribution is 0.556. The Morgan fingerprint density at radius 2 is 1.73 bits per heavy atom. The summed E-state index contributed by atoms with van der Waals surface area (Å²) in [5.41, 5.74) is 0.588. The lowest BCUT2D eigenvalue weighted by Crippen LogP contribution is -2.24. The van der Waals surface area contributed by atoms with Crippen LogP contribution in [0.1, 0.15) is 0 Å². The van der Waals surface area contributed by atoms with E-state index in [-0.39, 0.29) is 10.8 Å². The van der Waals surface area contributed by atoms with Crippen molar-refractivity contribution in [1.82, 2.24) is 9.55 Å². The van der Waals surface area contributed by atoms with Crippen molar-refractivity contribution in [3.63, 3.8) is 0 Å². The number of fused-ring (bicyclic) bond motifs is 2. The number of halogens is 1. The van der Waals surface area contributed by atoms with Gasteiger partial charge in [0.05, 0.1) is 11.2 Å². The number of hydrogen-bond donors (Lipinski definition) is 1. The number of benzene rings is 3. The van der Waals surface area contributed by atoms with Crippen LogP contribution in [0.3, 0.4) is 0 Å². The standard InChI is InChI=1S/C20H11ClN2O3/c21-12-8-9-16-14(10-12)22-17-18(26-16)20(25)23(19(17)24)15-7-3-5-11-4-1-2-6-13(11)15/h1-10,22H. The van der Waals surface area contributed by atoms with E-state index in [0.717, 1.165) is 15.3 Å². The molecule has 2 aliphatic heterocycles. The molecule has 5 nitrogen and oxygen atoms in total. The van der Waals surface area contributed by atoms with Gasteiger partial charge in [-0.25, -0.2) is 4.57 Å². The van der Waals surface area contributed by atoms with Gasteiger partial charge >= 0.3 is 5.56 Å². The molecular weight excluding hydrogens is 352 g/mol. The lowest BCUT2D eigenvalue weighted by atomic mass is 10.1. The summed E-state index contributed by atoms with van der Waals surface area (Å²) in [7, 11) is 0. The highest BCUT2D eigenvalue weighted by atomic mass is 35.5. The second-order valence-electron chi connectivity index (χ2n) is 6.02. The Labute approximate surface area is 150 Å². The van der Waals surface area contributed by atoms with Gasteiger partial charge in [0.2, 0.25) is 5.42 Å². The van der Waals surface area contributed by atoms with Crippen LogP contribution in [-0.2, 0) is 0 Å². The minimum atomic E-state index is -0.491. The molecule has 0 atom stereocenters. The highest BCUT2D eigenvalue weighted by Crippen LogP contribution is 2.21. The number of H-pyrrole nitrogens is 1. The molecule has 0 radical (unpaired) electrons. The van der Waals surface area contributed by atoms with Crippen LogP contribution in [-0.4, -0.2) is 9.55 Å². The SMILES string of the molecule is O=c1c2[nH]c3cc(Cl)ccc3oc=2c(=O)n1-c1cccc2ccccc12. The number of aromatic amines is 1. The van der Waals surface area contributed by atoms with Crippen LogP contribution < -0.4 is 11.1 Å². The Morgan fingerprint density at radius 3 is 2.62 bits per heavy atom. The Bertz CT molecular complexity index is 1490. The zero-order chi connectivity index (χ0) is 17.8. The molecule has 126 valence electrons. The van der Waals surface area contributed by atoms with Crippen molar-refractivity contribution < 1.29 is 4.42 Å². The second kappa shape index (κ2) is 5.34. The van der Waals surface area contributed by atoms with E-state index in [0.29, 0.717) is 21.8 Å². The predicted molar refractivity (Wildman–Crippen MR) is 100 cm³/mol. The van der Waals surface area contributed by atoms with E-state index in [4.69, 9.17) is 16.0 Å². The van der Waals surface area contributed by atoms with E-state index in [1.54, 1.807) is 24.3 Å². The first-order chi connectivity index (χ1) is 12.6. The lowest BCUT2D eigenvalue weighted by Gasteiger charge is -2.05. The third-order valence-electron chi connectivity index (χ3n) is 4.46. The Hall–Kier alpha value is -3.31. The normalized spacial score (nSPS) is 11.6. The zero-order valence-electron chi connectivity index (χ0n) is 13.3. The monoisotopic (exact) mass is 362 g/mol. The van der Waals surface area contributed by atoms with Gasteiger partial charge in [-0.3, -0.25) is 9.59 Å². The molecule has 3 aromatic carbocycles. The fourth-order valence-corrected chi connectivity index (χ4v) is 3.44. The van der Waals surface area contributed by atoms with Crippen LogP contribution in [0.4, 0.5) is 0 Å². The summed E-state index contributed by atoms with van der Waals surface area (Å²) >= 11 is 6.00. The third-order valence-corrected chi connectivity index (χ3v) is 4.70. The van der Waals surface area contributed by atoms with Crippen molar-refractivity contribution in [2.75, 3.05) is 0 Å². The molecule has 0 aliphatic carbocycles. The first kappa shape index (κ1) is 15.0. The number of hydrogen-bond acceptors (Lipinski definition) is 3. The maximum Gasteiger partial charge on any atom is 0.303 e. The number of rotatable bonds is 1.